The summed E-state index contributed by atoms with van der Waals surface area (Å²) in [4.78, 5) is 7.21. The largest absolute Gasteiger partial charge is 0.344 e. The summed E-state index contributed by atoms with van der Waals surface area (Å²) in [6, 6.07) is 4.38. The van der Waals surface area contributed by atoms with Crippen molar-refractivity contribution in [3.05, 3.63) is 17.7 Å². The van der Waals surface area contributed by atoms with E-state index in [1.54, 1.807) is 6.20 Å². The monoisotopic (exact) mass is 202 g/mol. The fourth-order valence-electron chi connectivity index (χ4n) is 1.43. The highest BCUT2D eigenvalue weighted by molar-refractivity contribution is 5.18. The van der Waals surface area contributed by atoms with Crippen molar-refractivity contribution in [2.45, 2.75) is 38.5 Å². The minimum atomic E-state index is -0.199. The predicted molar refractivity (Wildman–Crippen MR) is 55.9 cm³/mol. The average Bonchev–Trinajstić information content (AvgIpc) is 2.71. The molecule has 1 N–H and O–H groups in total. The van der Waals surface area contributed by atoms with Crippen molar-refractivity contribution in [3.8, 4) is 12.1 Å². The number of nitrogens with one attached hydrogen (secondary N) is 1. The number of nitriles is 2. The average molecular weight is 202 g/mol. The van der Waals surface area contributed by atoms with Crippen molar-refractivity contribution in [3.63, 3.8) is 0 Å². The summed E-state index contributed by atoms with van der Waals surface area (Å²) in [5.74, 6) is 0.320. The summed E-state index contributed by atoms with van der Waals surface area (Å²) < 4.78 is 0. The standard InChI is InChI=1S/C11H14N4/c1-3-8(5-12)10-7-14-11(15-10)9(4-2)6-13/h7-9H,3-4H2,1-2H3,(H,14,15). The zero-order valence-corrected chi connectivity index (χ0v) is 8.99. The van der Waals surface area contributed by atoms with Gasteiger partial charge in [-0.05, 0) is 12.8 Å². The molecule has 0 aliphatic carbocycles. The molecule has 4 heteroatoms. The van der Waals surface area contributed by atoms with Crippen molar-refractivity contribution in [2.75, 3.05) is 0 Å². The highest BCUT2D eigenvalue weighted by Crippen LogP contribution is 2.20. The molecular formula is C11H14N4. The Labute approximate surface area is 89.6 Å². The first-order valence-electron chi connectivity index (χ1n) is 5.10. The molecule has 1 rings (SSSR count). The van der Waals surface area contributed by atoms with Crippen LogP contribution in [0.4, 0.5) is 0 Å². The molecule has 1 aromatic rings. The summed E-state index contributed by atoms with van der Waals surface area (Å²) in [6.45, 7) is 3.90. The lowest BCUT2D eigenvalue weighted by Gasteiger charge is -2.03. The normalized spacial score (nSPS) is 13.9. The highest BCUT2D eigenvalue weighted by Gasteiger charge is 2.15. The van der Waals surface area contributed by atoms with Crippen LogP contribution in [0.3, 0.4) is 0 Å². The van der Waals surface area contributed by atoms with Crippen molar-refractivity contribution in [2.24, 2.45) is 0 Å². The Hall–Kier alpha value is -1.81. The molecule has 0 spiro atoms. The summed E-state index contributed by atoms with van der Waals surface area (Å²) in [6.07, 6.45) is 3.14. The van der Waals surface area contributed by atoms with Gasteiger partial charge in [-0.3, -0.25) is 0 Å². The Morgan fingerprint density at radius 3 is 2.33 bits per heavy atom. The molecule has 15 heavy (non-hydrogen) atoms. The van der Waals surface area contributed by atoms with Crippen LogP contribution in [0.15, 0.2) is 6.20 Å². The van der Waals surface area contributed by atoms with Crippen LogP contribution in [0.1, 0.15) is 50.0 Å². The number of rotatable bonds is 4. The molecule has 2 atom stereocenters. The van der Waals surface area contributed by atoms with Crippen LogP contribution in [0.5, 0.6) is 0 Å². The smallest absolute Gasteiger partial charge is 0.123 e. The molecule has 1 aromatic heterocycles. The van der Waals surface area contributed by atoms with Gasteiger partial charge in [0.25, 0.3) is 0 Å². The van der Waals surface area contributed by atoms with E-state index in [1.165, 1.54) is 0 Å². The van der Waals surface area contributed by atoms with E-state index in [0.717, 1.165) is 18.5 Å². The molecule has 0 radical (unpaired) electrons. The van der Waals surface area contributed by atoms with Crippen LogP contribution < -0.4 is 0 Å². The number of hydrogen-bond donors (Lipinski definition) is 1. The van der Waals surface area contributed by atoms with Crippen LogP contribution in [-0.4, -0.2) is 9.97 Å². The predicted octanol–water partition coefficient (Wildman–Crippen LogP) is 2.44. The molecule has 78 valence electrons. The molecule has 1 heterocycles. The second-order valence-electron chi connectivity index (χ2n) is 3.40. The van der Waals surface area contributed by atoms with E-state index in [-0.39, 0.29) is 11.8 Å². The lowest BCUT2D eigenvalue weighted by atomic mass is 10.1. The molecule has 0 saturated heterocycles. The van der Waals surface area contributed by atoms with Crippen molar-refractivity contribution < 1.29 is 0 Å². The zero-order valence-electron chi connectivity index (χ0n) is 8.99. The Bertz CT molecular complexity index is 357. The first-order chi connectivity index (χ1) is 7.26. The summed E-state index contributed by atoms with van der Waals surface area (Å²) in [7, 11) is 0. The molecular weight excluding hydrogens is 188 g/mol. The van der Waals surface area contributed by atoms with E-state index < -0.39 is 0 Å². The Morgan fingerprint density at radius 2 is 1.87 bits per heavy atom. The van der Waals surface area contributed by atoms with Gasteiger partial charge in [-0.1, -0.05) is 13.8 Å². The molecule has 0 bridgehead atoms. The molecule has 4 nitrogen and oxygen atoms in total. The van der Waals surface area contributed by atoms with Crippen molar-refractivity contribution in [1.82, 2.24) is 9.97 Å². The number of imidazole rings is 1. The lowest BCUT2D eigenvalue weighted by molar-refractivity contribution is 0.746. The first kappa shape index (κ1) is 11.3. The van der Waals surface area contributed by atoms with Gasteiger partial charge >= 0.3 is 0 Å². The maximum atomic E-state index is 8.88. The maximum absolute atomic E-state index is 8.88. The van der Waals surface area contributed by atoms with Gasteiger partial charge in [0.1, 0.15) is 11.7 Å². The lowest BCUT2D eigenvalue weighted by Crippen LogP contribution is -1.98. The van der Waals surface area contributed by atoms with Crippen LogP contribution >= 0.6 is 0 Å². The van der Waals surface area contributed by atoms with Gasteiger partial charge in [0.2, 0.25) is 0 Å². The number of aromatic amines is 1. The van der Waals surface area contributed by atoms with E-state index in [1.807, 2.05) is 13.8 Å². The second-order valence-corrected chi connectivity index (χ2v) is 3.40. The SMILES string of the molecule is CCC(C#N)c1cnc(C(C#N)CC)[nH]1. The van der Waals surface area contributed by atoms with Gasteiger partial charge in [-0.15, -0.1) is 0 Å². The Kier molecular flexibility index (Phi) is 3.88. The molecule has 0 saturated carbocycles. The molecule has 0 fully saturated rings. The Morgan fingerprint density at radius 1 is 1.27 bits per heavy atom. The fourth-order valence-corrected chi connectivity index (χ4v) is 1.43. The molecule has 0 aromatic carbocycles. The van der Waals surface area contributed by atoms with Gasteiger partial charge in [-0.2, -0.15) is 10.5 Å². The topological polar surface area (TPSA) is 76.3 Å². The van der Waals surface area contributed by atoms with Gasteiger partial charge < -0.3 is 4.98 Å². The van der Waals surface area contributed by atoms with E-state index in [4.69, 9.17) is 10.5 Å². The van der Waals surface area contributed by atoms with Crippen molar-refractivity contribution >= 4 is 0 Å². The fraction of sp³-hybridized carbons (Fsp3) is 0.545. The molecule has 0 aliphatic heterocycles. The quantitative estimate of drug-likeness (QED) is 0.814. The van der Waals surface area contributed by atoms with Crippen LogP contribution in [0, 0.1) is 22.7 Å². The van der Waals surface area contributed by atoms with Gasteiger partial charge in [-0.25, -0.2) is 4.98 Å². The zero-order chi connectivity index (χ0) is 11.3. The first-order valence-corrected chi connectivity index (χ1v) is 5.10. The third-order valence-corrected chi connectivity index (χ3v) is 2.45. The minimum absolute atomic E-state index is 0.151. The summed E-state index contributed by atoms with van der Waals surface area (Å²) >= 11 is 0. The van der Waals surface area contributed by atoms with Crippen LogP contribution in [0.2, 0.25) is 0 Å². The van der Waals surface area contributed by atoms with Crippen LogP contribution in [0.25, 0.3) is 0 Å². The Balaban J connectivity index is 2.90. The minimum Gasteiger partial charge on any atom is -0.344 e. The number of H-pyrrole nitrogens is 1. The highest BCUT2D eigenvalue weighted by atomic mass is 14.9. The van der Waals surface area contributed by atoms with Crippen LogP contribution in [-0.2, 0) is 0 Å². The van der Waals surface area contributed by atoms with Gasteiger partial charge in [0, 0.05) is 6.20 Å². The number of hydrogen-bond acceptors (Lipinski definition) is 3. The van der Waals surface area contributed by atoms with Crippen molar-refractivity contribution in [1.29, 1.82) is 10.5 Å². The molecule has 0 amide bonds. The maximum Gasteiger partial charge on any atom is 0.123 e. The van der Waals surface area contributed by atoms with E-state index >= 15 is 0 Å². The van der Waals surface area contributed by atoms with E-state index in [2.05, 4.69) is 22.1 Å². The summed E-state index contributed by atoms with van der Waals surface area (Å²) in [5, 5.41) is 17.7. The summed E-state index contributed by atoms with van der Waals surface area (Å²) in [5.41, 5.74) is 0.809. The molecule has 0 aliphatic rings. The third-order valence-electron chi connectivity index (χ3n) is 2.45. The third kappa shape index (κ3) is 2.35. The number of nitrogens with zero attached hydrogens (tertiary/aromatic N) is 3. The second kappa shape index (κ2) is 5.17. The van der Waals surface area contributed by atoms with E-state index in [0.29, 0.717) is 5.82 Å². The molecule has 2 unspecified atom stereocenters. The van der Waals surface area contributed by atoms with Gasteiger partial charge in [0.15, 0.2) is 0 Å². The number of aromatic nitrogens is 2. The van der Waals surface area contributed by atoms with E-state index in [9.17, 15) is 0 Å². The van der Waals surface area contributed by atoms with Gasteiger partial charge in [0.05, 0.1) is 23.8 Å².